The van der Waals surface area contributed by atoms with Gasteiger partial charge in [-0.15, -0.1) is 0 Å². The first-order valence-electron chi connectivity index (χ1n) is 10.6. The smallest absolute Gasteiger partial charge is 0.250 e. The van der Waals surface area contributed by atoms with Crippen LogP contribution in [-0.2, 0) is 7.05 Å². The molecule has 1 unspecified atom stereocenters. The van der Waals surface area contributed by atoms with Gasteiger partial charge in [-0.25, -0.2) is 4.98 Å². The Bertz CT molecular complexity index is 1370. The van der Waals surface area contributed by atoms with E-state index in [9.17, 15) is 0 Å². The molecule has 5 rings (SSSR count). The van der Waals surface area contributed by atoms with Gasteiger partial charge in [-0.3, -0.25) is 0 Å². The second-order valence-electron chi connectivity index (χ2n) is 8.10. The number of allylic oxidation sites excluding steroid dienone is 1. The van der Waals surface area contributed by atoms with E-state index in [1.807, 2.05) is 49.8 Å². The summed E-state index contributed by atoms with van der Waals surface area (Å²) in [4.78, 5) is 13.6. The van der Waals surface area contributed by atoms with Gasteiger partial charge in [0.25, 0.3) is 5.88 Å². The number of nitrogens with zero attached hydrogens (tertiary/aromatic N) is 6. The molecule has 3 aromatic heterocycles. The first kappa shape index (κ1) is 20.8. The summed E-state index contributed by atoms with van der Waals surface area (Å²) in [5, 5.41) is 11.1. The lowest BCUT2D eigenvalue weighted by atomic mass is 10.0. The highest BCUT2D eigenvalue weighted by Gasteiger charge is 2.18. The molecule has 0 saturated carbocycles. The fourth-order valence-corrected chi connectivity index (χ4v) is 3.84. The Morgan fingerprint density at radius 2 is 1.94 bits per heavy atom. The first-order valence-corrected chi connectivity index (χ1v) is 10.6. The Morgan fingerprint density at radius 1 is 1.12 bits per heavy atom. The van der Waals surface area contributed by atoms with Gasteiger partial charge in [-0.1, -0.05) is 12.2 Å². The van der Waals surface area contributed by atoms with Crippen LogP contribution >= 0.6 is 0 Å². The van der Waals surface area contributed by atoms with Crippen LogP contribution in [0.1, 0.15) is 17.5 Å². The molecule has 0 amide bonds. The number of fused-ring (bicyclic) bond motifs is 1. The van der Waals surface area contributed by atoms with Crippen molar-refractivity contribution in [1.82, 2.24) is 29.7 Å². The Hall–Kier alpha value is -4.11. The highest BCUT2D eigenvalue weighted by molar-refractivity contribution is 5.79. The molecule has 0 aliphatic heterocycles. The van der Waals surface area contributed by atoms with Crippen LogP contribution < -0.4 is 15.8 Å². The minimum atomic E-state index is 0.0329. The van der Waals surface area contributed by atoms with Gasteiger partial charge in [0.1, 0.15) is 5.75 Å². The van der Waals surface area contributed by atoms with Gasteiger partial charge < -0.3 is 20.4 Å². The molecule has 0 spiro atoms. The van der Waals surface area contributed by atoms with Crippen molar-refractivity contribution in [2.45, 2.75) is 26.3 Å². The summed E-state index contributed by atoms with van der Waals surface area (Å²) in [5.74, 6) is 1.59. The molecular weight excluding hydrogens is 416 g/mol. The third kappa shape index (κ3) is 4.18. The third-order valence-corrected chi connectivity index (χ3v) is 5.51. The predicted octanol–water partition coefficient (Wildman–Crippen LogP) is 3.81. The first-order chi connectivity index (χ1) is 16.0. The number of rotatable bonds is 5. The van der Waals surface area contributed by atoms with E-state index >= 15 is 0 Å². The van der Waals surface area contributed by atoms with Crippen molar-refractivity contribution in [2.75, 3.05) is 5.32 Å². The zero-order chi connectivity index (χ0) is 22.9. The van der Waals surface area contributed by atoms with Gasteiger partial charge in [0.2, 0.25) is 5.95 Å². The summed E-state index contributed by atoms with van der Waals surface area (Å²) in [6, 6.07) is 6.11. The summed E-state index contributed by atoms with van der Waals surface area (Å²) in [6.07, 6.45) is 11.8. The lowest BCUT2D eigenvalue weighted by Crippen LogP contribution is -2.19. The standard InChI is InChI=1S/C24H24N8O/c1-14-10-17(16-8-9-27-28-12-16)11-15(2)21(14)33-23-20-22(26-13-32(20)3)30-24(31-23)29-19-6-4-18(25)5-7-19/h4,6-13,18H,5,25H2,1-3H3,(H,29,30,31). The van der Waals surface area contributed by atoms with Crippen molar-refractivity contribution in [2.24, 2.45) is 12.8 Å². The number of anilines is 1. The van der Waals surface area contributed by atoms with Crippen molar-refractivity contribution in [3.05, 3.63) is 72.0 Å². The molecule has 3 heterocycles. The van der Waals surface area contributed by atoms with Crippen molar-refractivity contribution in [1.29, 1.82) is 0 Å². The van der Waals surface area contributed by atoms with Crippen LogP contribution in [0, 0.1) is 13.8 Å². The number of nitrogens with two attached hydrogens (primary N) is 1. The Labute approximate surface area is 191 Å². The predicted molar refractivity (Wildman–Crippen MR) is 127 cm³/mol. The van der Waals surface area contributed by atoms with Gasteiger partial charge in [0, 0.05) is 24.4 Å². The Morgan fingerprint density at radius 3 is 2.64 bits per heavy atom. The maximum atomic E-state index is 6.39. The van der Waals surface area contributed by atoms with E-state index in [0.717, 1.165) is 45.6 Å². The average molecular weight is 441 g/mol. The molecule has 0 radical (unpaired) electrons. The number of aromatic nitrogens is 6. The van der Waals surface area contributed by atoms with E-state index in [4.69, 9.17) is 10.5 Å². The van der Waals surface area contributed by atoms with E-state index in [1.54, 1.807) is 18.7 Å². The van der Waals surface area contributed by atoms with Crippen LogP contribution in [0.3, 0.4) is 0 Å². The summed E-state index contributed by atoms with van der Waals surface area (Å²) in [5.41, 5.74) is 12.1. The van der Waals surface area contributed by atoms with Crippen molar-refractivity contribution >= 4 is 17.1 Å². The number of benzene rings is 1. The molecule has 166 valence electrons. The zero-order valence-corrected chi connectivity index (χ0v) is 18.6. The largest absolute Gasteiger partial charge is 0.436 e. The molecule has 0 bridgehead atoms. The highest BCUT2D eigenvalue weighted by atomic mass is 16.5. The van der Waals surface area contributed by atoms with Crippen LogP contribution in [0.4, 0.5) is 5.95 Å². The normalized spacial score (nSPS) is 15.5. The van der Waals surface area contributed by atoms with Crippen LogP contribution in [-0.4, -0.2) is 35.8 Å². The molecule has 1 aromatic carbocycles. The molecule has 1 aliphatic carbocycles. The number of nitrogens with one attached hydrogen (secondary N) is 1. The molecule has 1 atom stereocenters. The lowest BCUT2D eigenvalue weighted by molar-refractivity contribution is 0.459. The summed E-state index contributed by atoms with van der Waals surface area (Å²) < 4.78 is 8.25. The summed E-state index contributed by atoms with van der Waals surface area (Å²) in [7, 11) is 1.89. The van der Waals surface area contributed by atoms with Crippen LogP contribution in [0.25, 0.3) is 22.3 Å². The third-order valence-electron chi connectivity index (χ3n) is 5.51. The van der Waals surface area contributed by atoms with Gasteiger partial charge in [-0.2, -0.15) is 20.2 Å². The quantitative estimate of drug-likeness (QED) is 0.481. The average Bonchev–Trinajstić information content (AvgIpc) is 3.19. The minimum absolute atomic E-state index is 0.0329. The molecule has 0 saturated heterocycles. The maximum Gasteiger partial charge on any atom is 0.250 e. The molecule has 33 heavy (non-hydrogen) atoms. The maximum absolute atomic E-state index is 6.39. The monoisotopic (exact) mass is 440 g/mol. The topological polar surface area (TPSA) is 117 Å². The molecule has 0 fully saturated rings. The molecular formula is C24H24N8O. The van der Waals surface area contributed by atoms with Gasteiger partial charge in [0.05, 0.1) is 18.7 Å². The van der Waals surface area contributed by atoms with Crippen LogP contribution in [0.15, 0.2) is 60.8 Å². The molecule has 9 nitrogen and oxygen atoms in total. The number of hydrogen-bond donors (Lipinski definition) is 2. The molecule has 9 heteroatoms. The van der Waals surface area contributed by atoms with Gasteiger partial charge >= 0.3 is 0 Å². The molecule has 3 N–H and O–H groups in total. The van der Waals surface area contributed by atoms with Crippen molar-refractivity contribution in [3.63, 3.8) is 0 Å². The molecule has 1 aliphatic rings. The number of ether oxygens (including phenoxy) is 1. The zero-order valence-electron chi connectivity index (χ0n) is 18.6. The summed E-state index contributed by atoms with van der Waals surface area (Å²) >= 11 is 0. The molecule has 4 aromatic rings. The Balaban J connectivity index is 1.52. The number of aryl methyl sites for hydroxylation is 3. The Kier molecular flexibility index (Phi) is 5.31. The lowest BCUT2D eigenvalue weighted by Gasteiger charge is -2.16. The number of imidazole rings is 1. The second-order valence-corrected chi connectivity index (χ2v) is 8.10. The second kappa shape index (κ2) is 8.44. The van der Waals surface area contributed by atoms with Crippen molar-refractivity contribution < 1.29 is 4.74 Å². The fraction of sp³-hybridized carbons (Fsp3) is 0.208. The number of hydrogen-bond acceptors (Lipinski definition) is 8. The van der Waals surface area contributed by atoms with Gasteiger partial charge in [0.15, 0.2) is 11.2 Å². The van der Waals surface area contributed by atoms with Crippen LogP contribution in [0.5, 0.6) is 11.6 Å². The van der Waals surface area contributed by atoms with E-state index < -0.39 is 0 Å². The van der Waals surface area contributed by atoms with E-state index in [2.05, 4.69) is 42.6 Å². The summed E-state index contributed by atoms with van der Waals surface area (Å²) in [6.45, 7) is 4.03. The van der Waals surface area contributed by atoms with E-state index in [-0.39, 0.29) is 6.04 Å². The van der Waals surface area contributed by atoms with E-state index in [0.29, 0.717) is 17.5 Å². The highest BCUT2D eigenvalue weighted by Crippen LogP contribution is 2.35. The minimum Gasteiger partial charge on any atom is -0.436 e. The van der Waals surface area contributed by atoms with Crippen LogP contribution in [0.2, 0.25) is 0 Å². The fourth-order valence-electron chi connectivity index (χ4n) is 3.84. The van der Waals surface area contributed by atoms with E-state index in [1.165, 1.54) is 0 Å². The van der Waals surface area contributed by atoms with Gasteiger partial charge in [-0.05, 0) is 61.2 Å². The van der Waals surface area contributed by atoms with Crippen molar-refractivity contribution in [3.8, 4) is 22.8 Å². The SMILES string of the molecule is Cc1cc(-c2ccnnc2)cc(C)c1Oc1nc(NC2=CCC(N)C=C2)nc2ncn(C)c12.